The Morgan fingerprint density at radius 2 is 2.05 bits per heavy atom. The number of imidazole rings is 1. The standard InChI is InChI=1S/C16H25N3O/c1-4-7-13(17)16-18-14-11-12(20-10-5-2)8-9-15(14)19(16)6-3/h8-9,11,13H,4-7,10,17H2,1-3H3. The maximum Gasteiger partial charge on any atom is 0.126 e. The van der Waals surface area contributed by atoms with Gasteiger partial charge in [0.1, 0.15) is 11.6 Å². The van der Waals surface area contributed by atoms with Gasteiger partial charge in [-0.3, -0.25) is 0 Å². The van der Waals surface area contributed by atoms with Crippen LogP contribution in [0.3, 0.4) is 0 Å². The Kier molecular flexibility index (Phi) is 5.01. The predicted octanol–water partition coefficient (Wildman–Crippen LogP) is 3.64. The summed E-state index contributed by atoms with van der Waals surface area (Å²) < 4.78 is 7.88. The second kappa shape index (κ2) is 6.75. The fraction of sp³-hybridized carbons (Fsp3) is 0.562. The second-order valence-electron chi connectivity index (χ2n) is 5.11. The summed E-state index contributed by atoms with van der Waals surface area (Å²) in [6, 6.07) is 6.12. The number of hydrogen-bond acceptors (Lipinski definition) is 3. The highest BCUT2D eigenvalue weighted by atomic mass is 16.5. The van der Waals surface area contributed by atoms with E-state index in [9.17, 15) is 0 Å². The van der Waals surface area contributed by atoms with E-state index in [0.717, 1.165) is 55.0 Å². The summed E-state index contributed by atoms with van der Waals surface area (Å²) in [5, 5.41) is 0. The largest absolute Gasteiger partial charge is 0.494 e. The third kappa shape index (κ3) is 2.96. The van der Waals surface area contributed by atoms with E-state index in [1.54, 1.807) is 0 Å². The van der Waals surface area contributed by atoms with Crippen molar-refractivity contribution in [2.24, 2.45) is 5.73 Å². The first-order valence-corrected chi connectivity index (χ1v) is 7.59. The highest BCUT2D eigenvalue weighted by Gasteiger charge is 2.15. The molecule has 2 rings (SSSR count). The Balaban J connectivity index is 2.39. The van der Waals surface area contributed by atoms with Gasteiger partial charge in [-0.25, -0.2) is 4.98 Å². The molecule has 20 heavy (non-hydrogen) atoms. The Labute approximate surface area is 120 Å². The molecule has 1 unspecified atom stereocenters. The molecule has 0 aliphatic carbocycles. The van der Waals surface area contributed by atoms with E-state index >= 15 is 0 Å². The molecule has 1 atom stereocenters. The van der Waals surface area contributed by atoms with Gasteiger partial charge in [0.05, 0.1) is 23.7 Å². The van der Waals surface area contributed by atoms with Crippen molar-refractivity contribution >= 4 is 11.0 Å². The third-order valence-electron chi connectivity index (χ3n) is 3.47. The van der Waals surface area contributed by atoms with E-state index in [0.29, 0.717) is 0 Å². The van der Waals surface area contributed by atoms with Crippen LogP contribution >= 0.6 is 0 Å². The molecular formula is C16H25N3O. The van der Waals surface area contributed by atoms with Crippen molar-refractivity contribution in [3.63, 3.8) is 0 Å². The number of aromatic nitrogens is 2. The van der Waals surface area contributed by atoms with Crippen LogP contribution in [0.2, 0.25) is 0 Å². The van der Waals surface area contributed by atoms with Crippen LogP contribution in [0.25, 0.3) is 11.0 Å². The van der Waals surface area contributed by atoms with E-state index in [2.05, 4.69) is 31.4 Å². The zero-order valence-corrected chi connectivity index (χ0v) is 12.7. The number of aryl methyl sites for hydroxylation is 1. The lowest BCUT2D eigenvalue weighted by atomic mass is 10.2. The van der Waals surface area contributed by atoms with Crippen LogP contribution in [-0.4, -0.2) is 16.2 Å². The topological polar surface area (TPSA) is 53.1 Å². The van der Waals surface area contributed by atoms with Crippen molar-refractivity contribution in [3.05, 3.63) is 24.0 Å². The van der Waals surface area contributed by atoms with Gasteiger partial charge in [-0.15, -0.1) is 0 Å². The molecule has 110 valence electrons. The molecule has 0 spiro atoms. The maximum absolute atomic E-state index is 6.25. The number of fused-ring (bicyclic) bond motifs is 1. The lowest BCUT2D eigenvalue weighted by molar-refractivity contribution is 0.318. The maximum atomic E-state index is 6.25. The van der Waals surface area contributed by atoms with Gasteiger partial charge in [0, 0.05) is 12.6 Å². The van der Waals surface area contributed by atoms with Crippen LogP contribution in [0.1, 0.15) is 51.9 Å². The SMILES string of the molecule is CCCOc1ccc2c(c1)nc(C(N)CCC)n2CC. The molecule has 0 bridgehead atoms. The summed E-state index contributed by atoms with van der Waals surface area (Å²) in [5.41, 5.74) is 8.36. The first-order chi connectivity index (χ1) is 9.71. The predicted molar refractivity (Wildman–Crippen MR) is 83.0 cm³/mol. The first-order valence-electron chi connectivity index (χ1n) is 7.59. The van der Waals surface area contributed by atoms with Gasteiger partial charge in [0.25, 0.3) is 0 Å². The smallest absolute Gasteiger partial charge is 0.126 e. The molecule has 0 saturated carbocycles. The van der Waals surface area contributed by atoms with Crippen molar-refractivity contribution in [2.75, 3.05) is 6.61 Å². The molecular weight excluding hydrogens is 250 g/mol. The van der Waals surface area contributed by atoms with E-state index in [-0.39, 0.29) is 6.04 Å². The molecule has 2 N–H and O–H groups in total. The fourth-order valence-corrected chi connectivity index (χ4v) is 2.49. The summed E-state index contributed by atoms with van der Waals surface area (Å²) in [6.45, 7) is 8.01. The number of hydrogen-bond donors (Lipinski definition) is 1. The van der Waals surface area contributed by atoms with E-state index in [4.69, 9.17) is 15.5 Å². The van der Waals surface area contributed by atoms with Crippen molar-refractivity contribution < 1.29 is 4.74 Å². The van der Waals surface area contributed by atoms with E-state index in [1.807, 2.05) is 12.1 Å². The Morgan fingerprint density at radius 3 is 2.70 bits per heavy atom. The molecule has 0 amide bonds. The molecule has 0 aliphatic heterocycles. The minimum Gasteiger partial charge on any atom is -0.494 e. The van der Waals surface area contributed by atoms with Gasteiger partial charge in [0.2, 0.25) is 0 Å². The van der Waals surface area contributed by atoms with Gasteiger partial charge < -0.3 is 15.0 Å². The molecule has 4 heteroatoms. The highest BCUT2D eigenvalue weighted by molar-refractivity contribution is 5.78. The molecule has 1 aromatic carbocycles. The number of benzene rings is 1. The van der Waals surface area contributed by atoms with Gasteiger partial charge in [-0.05, 0) is 31.9 Å². The minimum atomic E-state index is 0.00681. The lowest BCUT2D eigenvalue weighted by Crippen LogP contribution is -2.16. The van der Waals surface area contributed by atoms with Crippen LogP contribution in [0, 0.1) is 0 Å². The van der Waals surface area contributed by atoms with Gasteiger partial charge >= 0.3 is 0 Å². The average Bonchev–Trinajstić information content (AvgIpc) is 2.83. The van der Waals surface area contributed by atoms with Gasteiger partial charge in [-0.2, -0.15) is 0 Å². The van der Waals surface area contributed by atoms with Crippen LogP contribution in [0.4, 0.5) is 0 Å². The lowest BCUT2D eigenvalue weighted by Gasteiger charge is -2.12. The highest BCUT2D eigenvalue weighted by Crippen LogP contribution is 2.25. The van der Waals surface area contributed by atoms with Crippen molar-refractivity contribution in [2.45, 2.75) is 52.6 Å². The van der Waals surface area contributed by atoms with Gasteiger partial charge in [0.15, 0.2) is 0 Å². The summed E-state index contributed by atoms with van der Waals surface area (Å²) in [4.78, 5) is 4.73. The number of nitrogens with zero attached hydrogens (tertiary/aromatic N) is 2. The summed E-state index contributed by atoms with van der Waals surface area (Å²) in [5.74, 6) is 1.87. The quantitative estimate of drug-likeness (QED) is 0.839. The number of nitrogens with two attached hydrogens (primary N) is 1. The first kappa shape index (κ1) is 14.9. The zero-order valence-electron chi connectivity index (χ0n) is 12.7. The monoisotopic (exact) mass is 275 g/mol. The summed E-state index contributed by atoms with van der Waals surface area (Å²) in [6.07, 6.45) is 3.04. The Hall–Kier alpha value is -1.55. The van der Waals surface area contributed by atoms with Crippen LogP contribution in [-0.2, 0) is 6.54 Å². The van der Waals surface area contributed by atoms with Crippen LogP contribution in [0.5, 0.6) is 5.75 Å². The van der Waals surface area contributed by atoms with Crippen molar-refractivity contribution in [1.29, 1.82) is 0 Å². The third-order valence-corrected chi connectivity index (χ3v) is 3.47. The molecule has 2 aromatic rings. The molecule has 4 nitrogen and oxygen atoms in total. The van der Waals surface area contributed by atoms with Crippen LogP contribution in [0.15, 0.2) is 18.2 Å². The molecule has 1 aromatic heterocycles. The van der Waals surface area contributed by atoms with E-state index < -0.39 is 0 Å². The number of ether oxygens (including phenoxy) is 1. The van der Waals surface area contributed by atoms with E-state index in [1.165, 1.54) is 0 Å². The normalized spacial score (nSPS) is 12.8. The molecule has 0 fully saturated rings. The summed E-state index contributed by atoms with van der Waals surface area (Å²) in [7, 11) is 0. The zero-order chi connectivity index (χ0) is 14.5. The second-order valence-corrected chi connectivity index (χ2v) is 5.11. The average molecular weight is 275 g/mol. The number of rotatable bonds is 7. The van der Waals surface area contributed by atoms with Gasteiger partial charge in [-0.1, -0.05) is 20.3 Å². The molecule has 0 radical (unpaired) electrons. The summed E-state index contributed by atoms with van der Waals surface area (Å²) >= 11 is 0. The molecule has 0 aliphatic rings. The molecule has 1 heterocycles. The molecule has 0 saturated heterocycles. The Morgan fingerprint density at radius 1 is 1.25 bits per heavy atom. The van der Waals surface area contributed by atoms with Crippen LogP contribution < -0.4 is 10.5 Å². The van der Waals surface area contributed by atoms with Crippen molar-refractivity contribution in [3.8, 4) is 5.75 Å². The fourth-order valence-electron chi connectivity index (χ4n) is 2.49. The minimum absolute atomic E-state index is 0.00681. The Bertz CT molecular complexity index is 562. The van der Waals surface area contributed by atoms with Crippen molar-refractivity contribution in [1.82, 2.24) is 9.55 Å².